The van der Waals surface area contributed by atoms with Crippen LogP contribution in [0.4, 0.5) is 0 Å². The number of nitrogens with zero attached hydrogens (tertiary/aromatic N) is 2. The van der Waals surface area contributed by atoms with Gasteiger partial charge in [-0.2, -0.15) is 5.10 Å². The van der Waals surface area contributed by atoms with Crippen molar-refractivity contribution in [1.82, 2.24) is 15.1 Å². The minimum atomic E-state index is 0.226. The van der Waals surface area contributed by atoms with Crippen molar-refractivity contribution in [2.45, 2.75) is 52.6 Å². The van der Waals surface area contributed by atoms with E-state index in [1.165, 1.54) is 0 Å². The van der Waals surface area contributed by atoms with Crippen LogP contribution in [0.1, 0.15) is 51.8 Å². The second-order valence-corrected chi connectivity index (χ2v) is 4.82. The molecule has 0 aliphatic carbocycles. The summed E-state index contributed by atoms with van der Waals surface area (Å²) >= 11 is 0. The van der Waals surface area contributed by atoms with E-state index in [1.807, 2.05) is 4.68 Å². The first-order valence-corrected chi connectivity index (χ1v) is 7.69. The molecule has 1 aromatic heterocycles. The van der Waals surface area contributed by atoms with Gasteiger partial charge in [0.2, 0.25) is 0 Å². The van der Waals surface area contributed by atoms with Crippen molar-refractivity contribution in [2.75, 3.05) is 26.9 Å². The van der Waals surface area contributed by atoms with Crippen molar-refractivity contribution in [1.29, 1.82) is 0 Å². The quantitative estimate of drug-likeness (QED) is 0.634. The Labute approximate surface area is 122 Å². The Bertz CT molecular complexity index is 345. The molecule has 0 fully saturated rings. The van der Waals surface area contributed by atoms with Gasteiger partial charge in [0, 0.05) is 19.8 Å². The molecule has 0 amide bonds. The van der Waals surface area contributed by atoms with E-state index >= 15 is 0 Å². The Morgan fingerprint density at radius 3 is 2.65 bits per heavy atom. The molecule has 0 bridgehead atoms. The third-order valence-electron chi connectivity index (χ3n) is 3.23. The summed E-state index contributed by atoms with van der Waals surface area (Å²) < 4.78 is 13.1. The third kappa shape index (κ3) is 4.80. The molecule has 20 heavy (non-hydrogen) atoms. The van der Waals surface area contributed by atoms with Gasteiger partial charge in [-0.3, -0.25) is 4.68 Å². The van der Waals surface area contributed by atoms with E-state index in [4.69, 9.17) is 9.47 Å². The van der Waals surface area contributed by atoms with Crippen LogP contribution >= 0.6 is 0 Å². The zero-order valence-corrected chi connectivity index (χ0v) is 13.3. The zero-order valence-electron chi connectivity index (χ0n) is 13.3. The van der Waals surface area contributed by atoms with Gasteiger partial charge in [0.15, 0.2) is 5.75 Å². The molecular weight excluding hydrogens is 254 g/mol. The van der Waals surface area contributed by atoms with Crippen molar-refractivity contribution in [3.05, 3.63) is 11.9 Å². The molecule has 116 valence electrons. The van der Waals surface area contributed by atoms with Crippen LogP contribution in [0.15, 0.2) is 6.20 Å². The highest BCUT2D eigenvalue weighted by Crippen LogP contribution is 2.27. The van der Waals surface area contributed by atoms with Gasteiger partial charge in [-0.1, -0.05) is 13.8 Å². The number of nitrogens with one attached hydrogen (secondary N) is 1. The number of aromatic nitrogens is 2. The lowest BCUT2D eigenvalue weighted by Crippen LogP contribution is -2.26. The highest BCUT2D eigenvalue weighted by Gasteiger charge is 2.20. The number of ether oxygens (including phenoxy) is 2. The average molecular weight is 283 g/mol. The van der Waals surface area contributed by atoms with Gasteiger partial charge < -0.3 is 14.8 Å². The maximum atomic E-state index is 5.63. The molecule has 1 heterocycles. The average Bonchev–Trinajstić information content (AvgIpc) is 2.89. The van der Waals surface area contributed by atoms with E-state index in [0.29, 0.717) is 0 Å². The first-order valence-electron chi connectivity index (χ1n) is 7.69. The lowest BCUT2D eigenvalue weighted by Gasteiger charge is -2.20. The Morgan fingerprint density at radius 2 is 2.05 bits per heavy atom. The van der Waals surface area contributed by atoms with Crippen molar-refractivity contribution in [3.8, 4) is 5.75 Å². The van der Waals surface area contributed by atoms with Crippen molar-refractivity contribution < 1.29 is 9.47 Å². The number of hydrogen-bond acceptors (Lipinski definition) is 4. The molecule has 0 spiro atoms. The molecule has 5 heteroatoms. The Balaban J connectivity index is 2.77. The van der Waals surface area contributed by atoms with Gasteiger partial charge in [0.05, 0.1) is 25.0 Å². The lowest BCUT2D eigenvalue weighted by molar-refractivity contribution is 0.123. The van der Waals surface area contributed by atoms with Crippen LogP contribution in [0.2, 0.25) is 0 Å². The van der Waals surface area contributed by atoms with Crippen molar-refractivity contribution in [3.63, 3.8) is 0 Å². The molecule has 1 aromatic rings. The first-order chi connectivity index (χ1) is 9.78. The summed E-state index contributed by atoms with van der Waals surface area (Å²) in [6, 6.07) is 0.226. The Kier molecular flexibility index (Phi) is 8.30. The smallest absolute Gasteiger partial charge is 0.161 e. The summed E-state index contributed by atoms with van der Waals surface area (Å²) in [5.41, 5.74) is 1.13. The third-order valence-corrected chi connectivity index (χ3v) is 3.23. The molecular formula is C15H29N3O2. The fourth-order valence-corrected chi connectivity index (χ4v) is 2.24. The second-order valence-electron chi connectivity index (χ2n) is 4.82. The van der Waals surface area contributed by atoms with E-state index in [-0.39, 0.29) is 6.04 Å². The van der Waals surface area contributed by atoms with Crippen LogP contribution in [-0.4, -0.2) is 36.6 Å². The summed E-state index contributed by atoms with van der Waals surface area (Å²) in [6.45, 7) is 9.81. The predicted molar refractivity (Wildman–Crippen MR) is 81.2 cm³/mol. The fraction of sp³-hybridized carbons (Fsp3) is 0.800. The highest BCUT2D eigenvalue weighted by molar-refractivity contribution is 5.28. The summed E-state index contributed by atoms with van der Waals surface area (Å²) in [6.07, 6.45) is 4.90. The van der Waals surface area contributed by atoms with Crippen LogP contribution in [-0.2, 0) is 11.3 Å². The van der Waals surface area contributed by atoms with E-state index in [1.54, 1.807) is 13.3 Å². The molecule has 1 atom stereocenters. The number of hydrogen-bond donors (Lipinski definition) is 1. The molecule has 0 saturated heterocycles. The SMILES string of the molecule is CCCNC(CCOCCC)c1c(OC)cnn1CC. The minimum absolute atomic E-state index is 0.226. The van der Waals surface area contributed by atoms with Crippen LogP contribution < -0.4 is 10.1 Å². The molecule has 1 rings (SSSR count). The molecule has 0 saturated carbocycles. The van der Waals surface area contributed by atoms with Gasteiger partial charge in [0.25, 0.3) is 0 Å². The van der Waals surface area contributed by atoms with Crippen molar-refractivity contribution >= 4 is 0 Å². The van der Waals surface area contributed by atoms with Crippen LogP contribution in [0.3, 0.4) is 0 Å². The first kappa shape index (κ1) is 17.0. The molecule has 1 unspecified atom stereocenters. The van der Waals surface area contributed by atoms with Gasteiger partial charge in [0.1, 0.15) is 0 Å². The molecule has 0 aliphatic heterocycles. The molecule has 1 N–H and O–H groups in total. The predicted octanol–water partition coefficient (Wildman–Crippen LogP) is 2.77. The monoisotopic (exact) mass is 283 g/mol. The number of aryl methyl sites for hydroxylation is 1. The van der Waals surface area contributed by atoms with E-state index in [9.17, 15) is 0 Å². The fourth-order valence-electron chi connectivity index (χ4n) is 2.24. The second kappa shape index (κ2) is 9.77. The zero-order chi connectivity index (χ0) is 14.8. The molecule has 0 radical (unpaired) electrons. The Hall–Kier alpha value is -1.07. The van der Waals surface area contributed by atoms with Gasteiger partial charge in [-0.05, 0) is 32.7 Å². The van der Waals surface area contributed by atoms with E-state index < -0.39 is 0 Å². The van der Waals surface area contributed by atoms with Crippen LogP contribution in [0.5, 0.6) is 5.75 Å². The van der Waals surface area contributed by atoms with Crippen LogP contribution in [0.25, 0.3) is 0 Å². The molecule has 5 nitrogen and oxygen atoms in total. The van der Waals surface area contributed by atoms with Gasteiger partial charge in [-0.25, -0.2) is 0 Å². The van der Waals surface area contributed by atoms with Crippen molar-refractivity contribution in [2.24, 2.45) is 0 Å². The summed E-state index contributed by atoms with van der Waals surface area (Å²) in [7, 11) is 1.70. The molecule has 0 aliphatic rings. The number of methoxy groups -OCH3 is 1. The van der Waals surface area contributed by atoms with Gasteiger partial charge >= 0.3 is 0 Å². The van der Waals surface area contributed by atoms with Crippen LogP contribution in [0, 0.1) is 0 Å². The summed E-state index contributed by atoms with van der Waals surface area (Å²) in [5, 5.41) is 7.97. The lowest BCUT2D eigenvalue weighted by atomic mass is 10.1. The van der Waals surface area contributed by atoms with E-state index in [0.717, 1.165) is 57.0 Å². The Morgan fingerprint density at radius 1 is 1.25 bits per heavy atom. The van der Waals surface area contributed by atoms with E-state index in [2.05, 4.69) is 31.2 Å². The molecule has 0 aromatic carbocycles. The largest absolute Gasteiger partial charge is 0.493 e. The standard InChI is InChI=1S/C15H29N3O2/c1-5-9-16-13(8-11-20-10-6-2)15-14(19-4)12-17-18(15)7-3/h12-13,16H,5-11H2,1-4H3. The topological polar surface area (TPSA) is 48.3 Å². The van der Waals surface area contributed by atoms with Gasteiger partial charge in [-0.15, -0.1) is 0 Å². The maximum absolute atomic E-state index is 5.63. The summed E-state index contributed by atoms with van der Waals surface area (Å²) in [5.74, 6) is 0.857. The number of rotatable bonds is 11. The minimum Gasteiger partial charge on any atom is -0.493 e. The maximum Gasteiger partial charge on any atom is 0.161 e. The summed E-state index contributed by atoms with van der Waals surface area (Å²) in [4.78, 5) is 0. The normalized spacial score (nSPS) is 12.6. The highest BCUT2D eigenvalue weighted by atomic mass is 16.5.